The van der Waals surface area contributed by atoms with Gasteiger partial charge in [-0.3, -0.25) is 0 Å². The second-order valence-corrected chi connectivity index (χ2v) is 6.85. The van der Waals surface area contributed by atoms with E-state index in [0.29, 0.717) is 11.1 Å². The van der Waals surface area contributed by atoms with Gasteiger partial charge in [-0.05, 0) is 24.3 Å². The summed E-state index contributed by atoms with van der Waals surface area (Å²) in [5.74, 6) is 0.255. The van der Waals surface area contributed by atoms with Crippen molar-refractivity contribution in [2.75, 3.05) is 13.2 Å². The molecular formula is C20H22O8. The Balaban J connectivity index is 1.42. The number of ether oxygens (including phenoxy) is 4. The van der Waals surface area contributed by atoms with E-state index < -0.39 is 37.0 Å². The molecule has 2 aliphatic heterocycles. The van der Waals surface area contributed by atoms with Gasteiger partial charge in [0.05, 0.1) is 13.2 Å². The van der Waals surface area contributed by atoms with Crippen LogP contribution in [-0.2, 0) is 18.9 Å². The molecule has 0 aromatic heterocycles. The lowest BCUT2D eigenvalue weighted by molar-refractivity contribution is -0.283. The minimum atomic E-state index is -1.14. The number of hydrogen-bond acceptors (Lipinski definition) is 8. The third-order valence-electron chi connectivity index (χ3n) is 4.84. The molecule has 6 atom stereocenters. The standard InChI is InChI=1S/C20H22O8/c21-13-5-1-11(2-6-13)19-26-10-16(27-19)17(24)18-15(23)9-25-20(28-18)12-3-7-14(22)8-4-12/h1-8,15-24H,9-10H2/t15-,16+,17+,18+,19?,20?/m1/s1. The van der Waals surface area contributed by atoms with E-state index in [0.717, 1.165) is 0 Å². The second-order valence-electron chi connectivity index (χ2n) is 6.85. The maximum Gasteiger partial charge on any atom is 0.184 e. The highest BCUT2D eigenvalue weighted by atomic mass is 16.7. The van der Waals surface area contributed by atoms with E-state index in [1.54, 1.807) is 24.3 Å². The molecule has 0 spiro atoms. The quantitative estimate of drug-likeness (QED) is 0.618. The highest BCUT2D eigenvalue weighted by molar-refractivity contribution is 5.27. The maximum absolute atomic E-state index is 10.7. The Hall–Kier alpha value is -2.20. The molecule has 8 nitrogen and oxygen atoms in total. The van der Waals surface area contributed by atoms with E-state index in [1.807, 2.05) is 0 Å². The first-order chi connectivity index (χ1) is 13.5. The van der Waals surface area contributed by atoms with Crippen LogP contribution in [0, 0.1) is 0 Å². The van der Waals surface area contributed by atoms with Crippen LogP contribution in [0.3, 0.4) is 0 Å². The predicted molar refractivity (Wildman–Crippen MR) is 95.4 cm³/mol. The maximum atomic E-state index is 10.7. The van der Waals surface area contributed by atoms with Gasteiger partial charge in [-0.2, -0.15) is 0 Å². The molecule has 2 fully saturated rings. The van der Waals surface area contributed by atoms with Gasteiger partial charge < -0.3 is 39.4 Å². The monoisotopic (exact) mass is 390 g/mol. The summed E-state index contributed by atoms with van der Waals surface area (Å²) in [6.45, 7) is 0.117. The SMILES string of the molecule is Oc1ccc(C2OC[C@@H](O)[C@@H]([C@@H](O)[C@@H]3COC(c4ccc(O)cc4)O3)O2)cc1. The fourth-order valence-electron chi connectivity index (χ4n) is 3.28. The molecule has 8 heteroatoms. The predicted octanol–water partition coefficient (Wildman–Crippen LogP) is 1.35. The molecule has 0 bridgehead atoms. The third kappa shape index (κ3) is 3.97. The summed E-state index contributed by atoms with van der Waals surface area (Å²) in [5.41, 5.74) is 1.37. The smallest absolute Gasteiger partial charge is 0.184 e. The lowest BCUT2D eigenvalue weighted by atomic mass is 10.0. The molecule has 0 amide bonds. The molecule has 2 aromatic rings. The molecule has 2 aliphatic rings. The van der Waals surface area contributed by atoms with Gasteiger partial charge in [0.1, 0.15) is 35.9 Å². The van der Waals surface area contributed by atoms with Crippen molar-refractivity contribution in [3.63, 3.8) is 0 Å². The minimum Gasteiger partial charge on any atom is -0.508 e. The van der Waals surface area contributed by atoms with E-state index in [1.165, 1.54) is 24.3 Å². The Morgan fingerprint density at radius 1 is 0.750 bits per heavy atom. The first-order valence-corrected chi connectivity index (χ1v) is 8.99. The van der Waals surface area contributed by atoms with Crippen molar-refractivity contribution in [2.24, 2.45) is 0 Å². The molecule has 2 saturated heterocycles. The van der Waals surface area contributed by atoms with Crippen LogP contribution in [-0.4, -0.2) is 58.1 Å². The number of phenols is 2. The van der Waals surface area contributed by atoms with Gasteiger partial charge in [0.25, 0.3) is 0 Å². The molecule has 2 heterocycles. The van der Waals surface area contributed by atoms with Gasteiger partial charge in [0.2, 0.25) is 0 Å². The van der Waals surface area contributed by atoms with Crippen molar-refractivity contribution >= 4 is 0 Å². The first kappa shape index (κ1) is 19.1. The molecule has 150 valence electrons. The van der Waals surface area contributed by atoms with E-state index in [-0.39, 0.29) is 24.7 Å². The highest BCUT2D eigenvalue weighted by Gasteiger charge is 2.43. The van der Waals surface area contributed by atoms with Gasteiger partial charge in [0, 0.05) is 11.1 Å². The summed E-state index contributed by atoms with van der Waals surface area (Å²) in [6, 6.07) is 12.7. The summed E-state index contributed by atoms with van der Waals surface area (Å²) in [6.07, 6.45) is -5.25. The molecule has 0 aliphatic carbocycles. The van der Waals surface area contributed by atoms with Crippen molar-refractivity contribution in [2.45, 2.75) is 37.0 Å². The molecule has 2 aromatic carbocycles. The number of aromatic hydroxyl groups is 2. The summed E-state index contributed by atoms with van der Waals surface area (Å²) in [4.78, 5) is 0. The van der Waals surface area contributed by atoms with E-state index >= 15 is 0 Å². The number of aliphatic hydroxyl groups is 2. The summed E-state index contributed by atoms with van der Waals surface area (Å²) >= 11 is 0. The summed E-state index contributed by atoms with van der Waals surface area (Å²) in [5, 5.41) is 39.8. The lowest BCUT2D eigenvalue weighted by Gasteiger charge is -2.37. The van der Waals surface area contributed by atoms with Gasteiger partial charge in [-0.1, -0.05) is 24.3 Å². The Labute approximate surface area is 161 Å². The van der Waals surface area contributed by atoms with Crippen LogP contribution in [0.5, 0.6) is 11.5 Å². The molecular weight excluding hydrogens is 368 g/mol. The number of benzene rings is 2. The summed E-state index contributed by atoms with van der Waals surface area (Å²) in [7, 11) is 0. The van der Waals surface area contributed by atoms with E-state index in [9.17, 15) is 20.4 Å². The van der Waals surface area contributed by atoms with Crippen LogP contribution in [0.25, 0.3) is 0 Å². The average molecular weight is 390 g/mol. The molecule has 4 N–H and O–H groups in total. The van der Waals surface area contributed by atoms with Gasteiger partial charge in [-0.25, -0.2) is 0 Å². The van der Waals surface area contributed by atoms with Crippen LogP contribution < -0.4 is 0 Å². The van der Waals surface area contributed by atoms with Gasteiger partial charge >= 0.3 is 0 Å². The Bertz CT molecular complexity index is 778. The number of hydrogen-bond donors (Lipinski definition) is 4. The zero-order valence-electron chi connectivity index (χ0n) is 14.9. The van der Waals surface area contributed by atoms with E-state index in [2.05, 4.69) is 0 Å². The zero-order chi connectivity index (χ0) is 19.7. The van der Waals surface area contributed by atoms with Gasteiger partial charge in [0.15, 0.2) is 12.6 Å². The van der Waals surface area contributed by atoms with Gasteiger partial charge in [-0.15, -0.1) is 0 Å². The van der Waals surface area contributed by atoms with E-state index in [4.69, 9.17) is 18.9 Å². The average Bonchev–Trinajstić information content (AvgIpc) is 3.19. The topological polar surface area (TPSA) is 118 Å². The normalized spacial score (nSPS) is 31.6. The lowest BCUT2D eigenvalue weighted by Crippen LogP contribution is -2.52. The van der Waals surface area contributed by atoms with Crippen molar-refractivity contribution < 1.29 is 39.4 Å². The first-order valence-electron chi connectivity index (χ1n) is 8.99. The molecule has 0 radical (unpaired) electrons. The van der Waals surface area contributed by atoms with Crippen molar-refractivity contribution in [3.05, 3.63) is 59.7 Å². The largest absolute Gasteiger partial charge is 0.508 e. The van der Waals surface area contributed by atoms with Crippen molar-refractivity contribution in [1.82, 2.24) is 0 Å². The molecule has 28 heavy (non-hydrogen) atoms. The van der Waals surface area contributed by atoms with Crippen LogP contribution in [0.2, 0.25) is 0 Å². The Kier molecular flexibility index (Phi) is 5.49. The number of phenolic OH excluding ortho intramolecular Hbond substituents is 2. The third-order valence-corrected chi connectivity index (χ3v) is 4.84. The zero-order valence-corrected chi connectivity index (χ0v) is 14.9. The van der Waals surface area contributed by atoms with Crippen LogP contribution in [0.4, 0.5) is 0 Å². The Morgan fingerprint density at radius 3 is 1.82 bits per heavy atom. The molecule has 4 rings (SSSR count). The molecule has 0 saturated carbocycles. The molecule has 2 unspecified atom stereocenters. The number of rotatable bonds is 4. The highest BCUT2D eigenvalue weighted by Crippen LogP contribution is 2.34. The fraction of sp³-hybridized carbons (Fsp3) is 0.400. The van der Waals surface area contributed by atoms with Crippen molar-refractivity contribution in [3.8, 4) is 11.5 Å². The van der Waals surface area contributed by atoms with Crippen molar-refractivity contribution in [1.29, 1.82) is 0 Å². The summed E-state index contributed by atoms with van der Waals surface area (Å²) < 4.78 is 22.7. The second kappa shape index (κ2) is 8.04. The Morgan fingerprint density at radius 2 is 1.25 bits per heavy atom. The fourth-order valence-corrected chi connectivity index (χ4v) is 3.28. The van der Waals surface area contributed by atoms with Crippen LogP contribution in [0.1, 0.15) is 23.7 Å². The van der Waals surface area contributed by atoms with Crippen LogP contribution >= 0.6 is 0 Å². The van der Waals surface area contributed by atoms with Crippen LogP contribution in [0.15, 0.2) is 48.5 Å². The minimum absolute atomic E-state index is 0.0117. The number of aliphatic hydroxyl groups excluding tert-OH is 2.